The number of carbonyl (C=O) groups is 1. The topological polar surface area (TPSA) is 54.5 Å². The number of hydrogen-bond acceptors (Lipinski definition) is 4. The Bertz CT molecular complexity index is 742. The van der Waals surface area contributed by atoms with Crippen molar-refractivity contribution in [1.29, 1.82) is 0 Å². The lowest BCUT2D eigenvalue weighted by molar-refractivity contribution is 0.0304. The number of fused-ring (bicyclic) bond motifs is 1. The highest BCUT2D eigenvalue weighted by Crippen LogP contribution is 2.23. The molecule has 0 saturated carbocycles. The Morgan fingerprint density at radius 2 is 2.09 bits per heavy atom. The van der Waals surface area contributed by atoms with Crippen molar-refractivity contribution in [2.75, 3.05) is 38.2 Å². The zero-order valence-corrected chi connectivity index (χ0v) is 13.5. The normalized spacial score (nSPS) is 14.7. The van der Waals surface area contributed by atoms with Crippen LogP contribution in [-0.2, 0) is 4.74 Å². The first-order valence-electron chi connectivity index (χ1n) is 7.49. The number of nitrogens with zero attached hydrogens (tertiary/aromatic N) is 2. The summed E-state index contributed by atoms with van der Waals surface area (Å²) in [4.78, 5) is 19.2. The highest BCUT2D eigenvalue weighted by atomic mass is 35.5. The largest absolute Gasteiger partial charge is 0.378 e. The van der Waals surface area contributed by atoms with E-state index in [0.717, 1.165) is 10.9 Å². The molecule has 1 fully saturated rings. The number of amides is 1. The molecule has 2 aromatic rings. The monoisotopic (exact) mass is 331 g/mol. The Hall–Kier alpha value is -2.11. The van der Waals surface area contributed by atoms with Crippen LogP contribution in [0.3, 0.4) is 0 Å². The predicted molar refractivity (Wildman–Crippen MR) is 91.9 cm³/mol. The number of para-hydroxylation sites is 1. The van der Waals surface area contributed by atoms with Crippen LogP contribution >= 0.6 is 11.6 Å². The third-order valence-electron chi connectivity index (χ3n) is 3.71. The molecule has 0 atom stereocenters. The van der Waals surface area contributed by atoms with Crippen LogP contribution in [-0.4, -0.2) is 48.6 Å². The van der Waals surface area contributed by atoms with E-state index in [4.69, 9.17) is 16.3 Å². The van der Waals surface area contributed by atoms with Gasteiger partial charge in [-0.2, -0.15) is 0 Å². The molecule has 0 radical (unpaired) electrons. The van der Waals surface area contributed by atoms with Gasteiger partial charge in [-0.05, 0) is 12.1 Å². The number of benzene rings is 1. The van der Waals surface area contributed by atoms with Gasteiger partial charge in [-0.1, -0.05) is 36.4 Å². The molecule has 1 aliphatic heterocycles. The maximum atomic E-state index is 12.9. The molecule has 1 saturated heterocycles. The van der Waals surface area contributed by atoms with E-state index in [0.29, 0.717) is 49.3 Å². The molecule has 1 amide bonds. The number of anilines is 1. The molecule has 3 rings (SSSR count). The molecule has 0 aliphatic carbocycles. The first-order valence-corrected chi connectivity index (χ1v) is 7.87. The molecule has 23 heavy (non-hydrogen) atoms. The Morgan fingerprint density at radius 3 is 2.83 bits per heavy atom. The zero-order chi connectivity index (χ0) is 16.2. The summed E-state index contributed by atoms with van der Waals surface area (Å²) in [7, 11) is 0. The van der Waals surface area contributed by atoms with Crippen molar-refractivity contribution >= 4 is 34.2 Å². The standard InChI is InChI=1S/C17H18ClN3O2/c1-12(18)11-19-16-10-14(13-4-2-3-5-15(13)20-16)17(22)21-6-8-23-9-7-21/h2-5,10H,1,6-9,11H2,(H,19,20). The molecule has 2 heterocycles. The predicted octanol–water partition coefficient (Wildman–Crippen LogP) is 2.87. The fraction of sp³-hybridized carbons (Fsp3) is 0.294. The number of nitrogens with one attached hydrogen (secondary N) is 1. The first kappa shape index (κ1) is 15.8. The maximum absolute atomic E-state index is 12.9. The van der Waals surface area contributed by atoms with Crippen molar-refractivity contribution in [2.45, 2.75) is 0 Å². The Balaban J connectivity index is 1.98. The number of halogens is 1. The van der Waals surface area contributed by atoms with Crippen LogP contribution in [0.15, 0.2) is 41.9 Å². The van der Waals surface area contributed by atoms with E-state index in [9.17, 15) is 4.79 Å². The Kier molecular flexibility index (Phi) is 4.79. The number of ether oxygens (including phenoxy) is 1. The van der Waals surface area contributed by atoms with Crippen LogP contribution in [0.2, 0.25) is 0 Å². The van der Waals surface area contributed by atoms with Gasteiger partial charge in [0, 0.05) is 23.5 Å². The minimum Gasteiger partial charge on any atom is -0.378 e. The molecule has 1 aromatic heterocycles. The average Bonchev–Trinajstić information content (AvgIpc) is 2.59. The molecular weight excluding hydrogens is 314 g/mol. The van der Waals surface area contributed by atoms with E-state index in [2.05, 4.69) is 16.9 Å². The van der Waals surface area contributed by atoms with Gasteiger partial charge in [0.15, 0.2) is 0 Å². The van der Waals surface area contributed by atoms with E-state index >= 15 is 0 Å². The van der Waals surface area contributed by atoms with Gasteiger partial charge >= 0.3 is 0 Å². The number of morpholine rings is 1. The van der Waals surface area contributed by atoms with Crippen molar-refractivity contribution < 1.29 is 9.53 Å². The Labute approximate surface area is 139 Å². The lowest BCUT2D eigenvalue weighted by Gasteiger charge is -2.27. The first-order chi connectivity index (χ1) is 11.1. The fourth-order valence-electron chi connectivity index (χ4n) is 2.57. The van der Waals surface area contributed by atoms with E-state index in [1.54, 1.807) is 6.07 Å². The second kappa shape index (κ2) is 6.98. The minimum atomic E-state index is -0.000324. The molecule has 1 aliphatic rings. The van der Waals surface area contributed by atoms with Crippen molar-refractivity contribution in [3.63, 3.8) is 0 Å². The molecule has 120 valence electrons. The molecule has 0 spiro atoms. The molecule has 6 heteroatoms. The van der Waals surface area contributed by atoms with Crippen LogP contribution < -0.4 is 5.32 Å². The summed E-state index contributed by atoms with van der Waals surface area (Å²) in [6, 6.07) is 9.41. The highest BCUT2D eigenvalue weighted by Gasteiger charge is 2.21. The zero-order valence-electron chi connectivity index (χ0n) is 12.7. The van der Waals surface area contributed by atoms with Crippen molar-refractivity contribution in [2.24, 2.45) is 0 Å². The van der Waals surface area contributed by atoms with Crippen LogP contribution in [0.4, 0.5) is 5.82 Å². The lowest BCUT2D eigenvalue weighted by atomic mass is 10.1. The number of carbonyl (C=O) groups excluding carboxylic acids is 1. The summed E-state index contributed by atoms with van der Waals surface area (Å²) < 4.78 is 5.32. The molecule has 0 unspecified atom stereocenters. The van der Waals surface area contributed by atoms with Gasteiger partial charge in [-0.25, -0.2) is 4.98 Å². The molecule has 1 N–H and O–H groups in total. The molecule has 5 nitrogen and oxygen atoms in total. The smallest absolute Gasteiger partial charge is 0.254 e. The number of pyridine rings is 1. The molecule has 1 aromatic carbocycles. The van der Waals surface area contributed by atoms with Gasteiger partial charge < -0.3 is 15.0 Å². The average molecular weight is 332 g/mol. The summed E-state index contributed by atoms with van der Waals surface area (Å²) >= 11 is 5.80. The van der Waals surface area contributed by atoms with Gasteiger partial charge in [0.05, 0.1) is 30.8 Å². The Morgan fingerprint density at radius 1 is 1.35 bits per heavy atom. The minimum absolute atomic E-state index is 0.000324. The van der Waals surface area contributed by atoms with E-state index in [-0.39, 0.29) is 5.91 Å². The van der Waals surface area contributed by atoms with E-state index < -0.39 is 0 Å². The van der Waals surface area contributed by atoms with Crippen LogP contribution in [0.25, 0.3) is 10.9 Å². The van der Waals surface area contributed by atoms with Crippen molar-refractivity contribution in [3.05, 3.63) is 47.5 Å². The summed E-state index contributed by atoms with van der Waals surface area (Å²) in [6.45, 7) is 6.42. The van der Waals surface area contributed by atoms with E-state index in [1.165, 1.54) is 0 Å². The summed E-state index contributed by atoms with van der Waals surface area (Å²) in [5.74, 6) is 0.613. The lowest BCUT2D eigenvalue weighted by Crippen LogP contribution is -2.40. The van der Waals surface area contributed by atoms with Gasteiger partial charge in [0.2, 0.25) is 0 Å². The van der Waals surface area contributed by atoms with Gasteiger partial charge in [0.25, 0.3) is 5.91 Å². The third kappa shape index (κ3) is 3.63. The van der Waals surface area contributed by atoms with Gasteiger partial charge in [-0.3, -0.25) is 4.79 Å². The summed E-state index contributed by atoms with van der Waals surface area (Å²) in [5, 5.41) is 4.43. The summed E-state index contributed by atoms with van der Waals surface area (Å²) in [6.07, 6.45) is 0. The fourth-order valence-corrected chi connectivity index (χ4v) is 2.63. The van der Waals surface area contributed by atoms with Crippen LogP contribution in [0.5, 0.6) is 0 Å². The maximum Gasteiger partial charge on any atom is 0.254 e. The summed E-state index contributed by atoms with van der Waals surface area (Å²) in [5.41, 5.74) is 1.41. The third-order valence-corrected chi connectivity index (χ3v) is 3.84. The van der Waals surface area contributed by atoms with E-state index in [1.807, 2.05) is 29.2 Å². The number of rotatable bonds is 4. The van der Waals surface area contributed by atoms with Crippen LogP contribution in [0, 0.1) is 0 Å². The second-order valence-electron chi connectivity index (χ2n) is 5.35. The van der Waals surface area contributed by atoms with Gasteiger partial charge in [0.1, 0.15) is 5.82 Å². The SMILES string of the molecule is C=C(Cl)CNc1cc(C(=O)N2CCOCC2)c2ccccc2n1. The van der Waals surface area contributed by atoms with Gasteiger partial charge in [-0.15, -0.1) is 0 Å². The number of aromatic nitrogens is 1. The second-order valence-corrected chi connectivity index (χ2v) is 5.88. The molecule has 0 bridgehead atoms. The van der Waals surface area contributed by atoms with Crippen molar-refractivity contribution in [3.8, 4) is 0 Å². The molecular formula is C17H18ClN3O2. The van der Waals surface area contributed by atoms with Crippen LogP contribution in [0.1, 0.15) is 10.4 Å². The number of hydrogen-bond donors (Lipinski definition) is 1. The van der Waals surface area contributed by atoms with Crippen molar-refractivity contribution in [1.82, 2.24) is 9.88 Å². The highest BCUT2D eigenvalue weighted by molar-refractivity contribution is 6.29. The quantitative estimate of drug-likeness (QED) is 0.936.